The van der Waals surface area contributed by atoms with Gasteiger partial charge in [-0.05, 0) is 18.6 Å². The van der Waals surface area contributed by atoms with Gasteiger partial charge in [-0.15, -0.1) is 0 Å². The van der Waals surface area contributed by atoms with Crippen molar-refractivity contribution in [3.05, 3.63) is 47.4 Å². The molecule has 0 saturated carbocycles. The van der Waals surface area contributed by atoms with Gasteiger partial charge in [-0.2, -0.15) is 0 Å². The van der Waals surface area contributed by atoms with Gasteiger partial charge < -0.3 is 9.84 Å². The lowest BCUT2D eigenvalue weighted by Gasteiger charge is -2.13. The summed E-state index contributed by atoms with van der Waals surface area (Å²) in [5.41, 5.74) is 0.783. The highest BCUT2D eigenvalue weighted by molar-refractivity contribution is 8.26. The number of hydrogen-bond donors (Lipinski definition) is 1. The van der Waals surface area contributed by atoms with E-state index in [0.717, 1.165) is 5.56 Å². The molecule has 1 amide bonds. The predicted molar refractivity (Wildman–Crippen MR) is 98.9 cm³/mol. The fourth-order valence-corrected chi connectivity index (χ4v) is 3.40. The number of benzene rings is 1. The molecule has 2 rings (SSSR count). The third kappa shape index (κ3) is 4.69. The van der Waals surface area contributed by atoms with Crippen LogP contribution in [0.3, 0.4) is 0 Å². The Balaban J connectivity index is 2.13. The Hall–Kier alpha value is -2.12. The second-order valence-electron chi connectivity index (χ2n) is 4.97. The van der Waals surface area contributed by atoms with Gasteiger partial charge in [-0.25, -0.2) is 0 Å². The molecule has 1 N–H and O–H groups in total. The van der Waals surface area contributed by atoms with E-state index in [-0.39, 0.29) is 12.3 Å². The maximum atomic E-state index is 12.5. The predicted octanol–water partition coefficient (Wildman–Crippen LogP) is 3.32. The van der Waals surface area contributed by atoms with E-state index < -0.39 is 5.97 Å². The Bertz CT molecular complexity index is 700. The fraction of sp³-hybridized carbons (Fsp3) is 0.235. The first-order chi connectivity index (χ1) is 11.5. The molecule has 0 spiro atoms. The van der Waals surface area contributed by atoms with Crippen LogP contribution in [0, 0.1) is 0 Å². The molecule has 1 heterocycles. The van der Waals surface area contributed by atoms with Crippen LogP contribution in [-0.4, -0.2) is 39.4 Å². The molecule has 0 aromatic heterocycles. The summed E-state index contributed by atoms with van der Waals surface area (Å²) in [4.78, 5) is 25.0. The molecule has 0 bridgehead atoms. The summed E-state index contributed by atoms with van der Waals surface area (Å²) in [6.45, 7) is 4.30. The Morgan fingerprint density at radius 1 is 1.42 bits per heavy atom. The van der Waals surface area contributed by atoms with Crippen LogP contribution >= 0.6 is 24.0 Å². The molecule has 1 fully saturated rings. The monoisotopic (exact) mass is 363 g/mol. The first-order valence-corrected chi connectivity index (χ1v) is 8.55. The van der Waals surface area contributed by atoms with Crippen molar-refractivity contribution in [3.63, 3.8) is 0 Å². The zero-order chi connectivity index (χ0) is 17.5. The van der Waals surface area contributed by atoms with Crippen LogP contribution in [-0.2, 0) is 9.59 Å². The van der Waals surface area contributed by atoms with E-state index in [1.54, 1.807) is 12.2 Å². The number of nitrogens with zero attached hydrogens (tertiary/aromatic N) is 1. The Morgan fingerprint density at radius 3 is 2.88 bits per heavy atom. The molecule has 1 aromatic carbocycles. The number of hydrogen-bond acceptors (Lipinski definition) is 5. The number of amides is 1. The van der Waals surface area contributed by atoms with E-state index in [4.69, 9.17) is 22.1 Å². The minimum absolute atomic E-state index is 0.00827. The standard InChI is InChI=1S/C17H17NO4S2/c1-2-10-22-13-7-4-3-6-12(13)11-14-16(21)18(17(23)24-14)9-5-8-15(19)20/h2-4,6-7,11H,1,5,8-10H2,(H,19,20). The summed E-state index contributed by atoms with van der Waals surface area (Å²) in [6.07, 6.45) is 3.77. The van der Waals surface area contributed by atoms with Crippen LogP contribution in [0.4, 0.5) is 0 Å². The maximum Gasteiger partial charge on any atom is 0.303 e. The Labute approximate surface area is 150 Å². The van der Waals surface area contributed by atoms with Crippen molar-refractivity contribution >= 4 is 46.3 Å². The van der Waals surface area contributed by atoms with Crippen molar-refractivity contribution in [1.82, 2.24) is 4.90 Å². The second-order valence-corrected chi connectivity index (χ2v) is 6.64. The lowest BCUT2D eigenvalue weighted by Crippen LogP contribution is -2.29. The highest BCUT2D eigenvalue weighted by Crippen LogP contribution is 2.34. The van der Waals surface area contributed by atoms with Crippen LogP contribution < -0.4 is 4.74 Å². The average molecular weight is 363 g/mol. The molecule has 1 aromatic rings. The number of carboxylic acid groups (broad SMARTS) is 1. The summed E-state index contributed by atoms with van der Waals surface area (Å²) in [5, 5.41) is 8.69. The molecule has 0 atom stereocenters. The largest absolute Gasteiger partial charge is 0.489 e. The molecule has 1 aliphatic rings. The summed E-state index contributed by atoms with van der Waals surface area (Å²) >= 11 is 6.44. The van der Waals surface area contributed by atoms with E-state index in [0.29, 0.717) is 34.5 Å². The third-order valence-corrected chi connectivity index (χ3v) is 4.59. The zero-order valence-corrected chi connectivity index (χ0v) is 14.6. The molecule has 1 saturated heterocycles. The maximum absolute atomic E-state index is 12.5. The molecule has 24 heavy (non-hydrogen) atoms. The quantitative estimate of drug-likeness (QED) is 0.434. The average Bonchev–Trinajstić information content (AvgIpc) is 2.81. The van der Waals surface area contributed by atoms with Crippen molar-refractivity contribution in [3.8, 4) is 5.75 Å². The number of para-hydroxylation sites is 1. The summed E-state index contributed by atoms with van der Waals surface area (Å²) in [5.74, 6) is -0.424. The number of thiocarbonyl (C=S) groups is 1. The van der Waals surface area contributed by atoms with Crippen molar-refractivity contribution < 1.29 is 19.4 Å². The molecule has 7 heteroatoms. The normalized spacial score (nSPS) is 15.8. The van der Waals surface area contributed by atoms with Crippen LogP contribution in [0.2, 0.25) is 0 Å². The van der Waals surface area contributed by atoms with E-state index in [1.807, 2.05) is 24.3 Å². The number of carboxylic acids is 1. The van der Waals surface area contributed by atoms with Gasteiger partial charge in [0.25, 0.3) is 5.91 Å². The van der Waals surface area contributed by atoms with Gasteiger partial charge in [0.1, 0.15) is 16.7 Å². The number of ether oxygens (including phenoxy) is 1. The fourth-order valence-electron chi connectivity index (χ4n) is 2.10. The summed E-state index contributed by atoms with van der Waals surface area (Å²) in [6, 6.07) is 7.39. The molecule has 0 radical (unpaired) electrons. The topological polar surface area (TPSA) is 66.8 Å². The molecular weight excluding hydrogens is 346 g/mol. The zero-order valence-electron chi connectivity index (χ0n) is 12.9. The highest BCUT2D eigenvalue weighted by Gasteiger charge is 2.31. The van der Waals surface area contributed by atoms with Gasteiger partial charge >= 0.3 is 5.97 Å². The Morgan fingerprint density at radius 2 is 2.17 bits per heavy atom. The lowest BCUT2D eigenvalue weighted by atomic mass is 10.2. The van der Waals surface area contributed by atoms with Crippen LogP contribution in [0.25, 0.3) is 6.08 Å². The number of aliphatic carboxylic acids is 1. The lowest BCUT2D eigenvalue weighted by molar-refractivity contribution is -0.137. The van der Waals surface area contributed by atoms with Gasteiger partial charge in [-0.1, -0.05) is 54.8 Å². The first kappa shape index (κ1) is 18.2. The van der Waals surface area contributed by atoms with Crippen molar-refractivity contribution in [2.45, 2.75) is 12.8 Å². The molecule has 0 unspecified atom stereocenters. The number of rotatable bonds is 8. The van der Waals surface area contributed by atoms with Crippen LogP contribution in [0.1, 0.15) is 18.4 Å². The highest BCUT2D eigenvalue weighted by atomic mass is 32.2. The van der Waals surface area contributed by atoms with E-state index in [2.05, 4.69) is 6.58 Å². The molecule has 5 nitrogen and oxygen atoms in total. The van der Waals surface area contributed by atoms with Crippen molar-refractivity contribution in [2.75, 3.05) is 13.2 Å². The van der Waals surface area contributed by atoms with Crippen molar-refractivity contribution in [1.29, 1.82) is 0 Å². The summed E-state index contributed by atoms with van der Waals surface area (Å²) in [7, 11) is 0. The molecule has 0 aliphatic carbocycles. The van der Waals surface area contributed by atoms with E-state index in [9.17, 15) is 9.59 Å². The second kappa shape index (κ2) is 8.65. The molecule has 1 aliphatic heterocycles. The van der Waals surface area contributed by atoms with Crippen LogP contribution in [0.5, 0.6) is 5.75 Å². The van der Waals surface area contributed by atoms with E-state index >= 15 is 0 Å². The molecule has 126 valence electrons. The van der Waals surface area contributed by atoms with Gasteiger partial charge in [0.2, 0.25) is 0 Å². The minimum Gasteiger partial charge on any atom is -0.489 e. The van der Waals surface area contributed by atoms with Crippen molar-refractivity contribution in [2.24, 2.45) is 0 Å². The number of carbonyl (C=O) groups is 2. The van der Waals surface area contributed by atoms with Crippen LogP contribution in [0.15, 0.2) is 41.8 Å². The minimum atomic E-state index is -0.885. The van der Waals surface area contributed by atoms with Gasteiger partial charge in [0, 0.05) is 18.5 Å². The smallest absolute Gasteiger partial charge is 0.303 e. The SMILES string of the molecule is C=CCOc1ccccc1C=C1SC(=S)N(CCCC(=O)O)C1=O. The third-order valence-electron chi connectivity index (χ3n) is 3.21. The van der Waals surface area contributed by atoms with E-state index in [1.165, 1.54) is 16.7 Å². The molecular formula is C17H17NO4S2. The van der Waals surface area contributed by atoms with Gasteiger partial charge in [0.15, 0.2) is 0 Å². The summed E-state index contributed by atoms with van der Waals surface area (Å²) < 4.78 is 6.03. The van der Waals surface area contributed by atoms with Gasteiger partial charge in [-0.3, -0.25) is 14.5 Å². The first-order valence-electron chi connectivity index (χ1n) is 7.33. The number of carbonyl (C=O) groups excluding carboxylic acids is 1. The Kier molecular flexibility index (Phi) is 6.57. The number of thioether (sulfide) groups is 1. The van der Waals surface area contributed by atoms with Gasteiger partial charge in [0.05, 0.1) is 4.91 Å².